The van der Waals surface area contributed by atoms with E-state index < -0.39 is 8.25 Å². The number of aromatic nitrogens is 1. The van der Waals surface area contributed by atoms with Gasteiger partial charge in [-0.2, -0.15) is 4.37 Å². The van der Waals surface area contributed by atoms with Crippen LogP contribution >= 0.6 is 19.8 Å². The van der Waals surface area contributed by atoms with Crippen molar-refractivity contribution in [3.05, 3.63) is 35.7 Å². The molecule has 29 heavy (non-hydrogen) atoms. The number of hydrogen-bond acceptors (Lipinski definition) is 8. The third kappa shape index (κ3) is 4.32. The van der Waals surface area contributed by atoms with Gasteiger partial charge in [0.2, 0.25) is 5.75 Å². The van der Waals surface area contributed by atoms with Crippen molar-refractivity contribution in [3.63, 3.8) is 0 Å². The monoisotopic (exact) mass is 437 g/mol. The maximum absolute atomic E-state index is 11.2. The first-order valence-corrected chi connectivity index (χ1v) is 10.5. The zero-order valence-electron chi connectivity index (χ0n) is 16.2. The number of hydrogen-bond donors (Lipinski definition) is 1. The molecule has 0 saturated carbocycles. The van der Waals surface area contributed by atoms with Crippen LogP contribution in [0, 0.1) is 0 Å². The molecule has 0 amide bonds. The van der Waals surface area contributed by atoms with E-state index in [2.05, 4.69) is 4.37 Å². The van der Waals surface area contributed by atoms with Gasteiger partial charge in [-0.15, -0.1) is 0 Å². The molecule has 0 spiro atoms. The molecular formula is C19H20NO7PS. The Bertz CT molecular complexity index is 1010. The Hall–Kier alpha value is -2.74. The summed E-state index contributed by atoms with van der Waals surface area (Å²) in [5.74, 6) is 2.07. The minimum Gasteiger partial charge on any atom is -0.493 e. The van der Waals surface area contributed by atoms with Crippen LogP contribution in [0.4, 0.5) is 0 Å². The van der Waals surface area contributed by atoms with Gasteiger partial charge in [-0.1, -0.05) is 0 Å². The van der Waals surface area contributed by atoms with Crippen molar-refractivity contribution in [1.29, 1.82) is 0 Å². The van der Waals surface area contributed by atoms with Crippen LogP contribution in [0.25, 0.3) is 22.4 Å². The first-order chi connectivity index (χ1) is 14.0. The van der Waals surface area contributed by atoms with Gasteiger partial charge in [0.15, 0.2) is 23.0 Å². The van der Waals surface area contributed by atoms with Crippen LogP contribution in [0.2, 0.25) is 0 Å². The van der Waals surface area contributed by atoms with Gasteiger partial charge in [-0.25, -0.2) is 4.57 Å². The standard InChI is InChI=1S/C19H20NO7PS/c1-23-14-6-5-11(7-15(14)27-28(21)22)18-13(10-29-20-18)12-8-16(24-2)19(26-4)17(9-12)25-3/h5-10,28H,1-4H3,(H,21,22). The molecule has 2 aromatic carbocycles. The van der Waals surface area contributed by atoms with E-state index in [4.69, 9.17) is 28.4 Å². The SMILES string of the molecule is COc1ccc(-c2nscc2-c2cc(OC)c(OC)c(OC)c2)cc1O[PH](=O)O. The van der Waals surface area contributed by atoms with E-state index in [9.17, 15) is 4.57 Å². The van der Waals surface area contributed by atoms with E-state index in [1.54, 1.807) is 39.5 Å². The summed E-state index contributed by atoms with van der Waals surface area (Å²) in [6.45, 7) is 0. The van der Waals surface area contributed by atoms with Gasteiger partial charge in [0.05, 0.1) is 34.1 Å². The number of nitrogens with zero attached hydrogens (tertiary/aromatic N) is 1. The normalized spacial score (nSPS) is 11.6. The lowest BCUT2D eigenvalue weighted by Crippen LogP contribution is -1.96. The van der Waals surface area contributed by atoms with Gasteiger partial charge in [0.1, 0.15) is 0 Å². The van der Waals surface area contributed by atoms with E-state index in [0.29, 0.717) is 34.3 Å². The van der Waals surface area contributed by atoms with Crippen LogP contribution < -0.4 is 23.5 Å². The first kappa shape index (κ1) is 21.0. The van der Waals surface area contributed by atoms with Crippen LogP contribution in [0.5, 0.6) is 28.7 Å². The van der Waals surface area contributed by atoms with E-state index in [0.717, 1.165) is 11.1 Å². The van der Waals surface area contributed by atoms with Gasteiger partial charge < -0.3 is 28.4 Å². The Morgan fingerprint density at radius 3 is 2.03 bits per heavy atom. The highest BCUT2D eigenvalue weighted by molar-refractivity contribution is 7.32. The summed E-state index contributed by atoms with van der Waals surface area (Å²) in [7, 11) is 2.93. The predicted molar refractivity (Wildman–Crippen MR) is 111 cm³/mol. The quantitative estimate of drug-likeness (QED) is 0.522. The Morgan fingerprint density at radius 1 is 0.862 bits per heavy atom. The molecule has 0 aliphatic heterocycles. The Labute approximate surface area is 172 Å². The molecule has 1 aromatic heterocycles. The second kappa shape index (κ2) is 9.17. The molecule has 10 heteroatoms. The Kier molecular flexibility index (Phi) is 6.64. The number of rotatable bonds is 8. The van der Waals surface area contributed by atoms with Gasteiger partial charge in [-0.05, 0) is 47.4 Å². The molecule has 0 aliphatic rings. The summed E-state index contributed by atoms with van der Waals surface area (Å²) in [4.78, 5) is 9.16. The summed E-state index contributed by atoms with van der Waals surface area (Å²) < 4.78 is 42.1. The summed E-state index contributed by atoms with van der Waals surface area (Å²) >= 11 is 1.28. The highest BCUT2D eigenvalue weighted by atomic mass is 32.1. The van der Waals surface area contributed by atoms with Crippen molar-refractivity contribution in [2.75, 3.05) is 28.4 Å². The molecule has 8 nitrogen and oxygen atoms in total. The largest absolute Gasteiger partial charge is 0.493 e. The summed E-state index contributed by atoms with van der Waals surface area (Å²) in [6, 6.07) is 8.75. The average molecular weight is 437 g/mol. The third-order valence-corrected chi connectivity index (χ3v) is 5.20. The molecule has 0 radical (unpaired) electrons. The highest BCUT2D eigenvalue weighted by Crippen LogP contribution is 2.44. The summed E-state index contributed by atoms with van der Waals surface area (Å²) in [5, 5.41) is 1.90. The molecule has 0 aliphatic carbocycles. The van der Waals surface area contributed by atoms with Crippen molar-refractivity contribution in [2.24, 2.45) is 0 Å². The second-order valence-corrected chi connectivity index (χ2v) is 7.09. The third-order valence-electron chi connectivity index (χ3n) is 4.18. The summed E-state index contributed by atoms with van der Waals surface area (Å²) in [5.41, 5.74) is 3.03. The van der Waals surface area contributed by atoms with Gasteiger partial charge >= 0.3 is 8.25 Å². The van der Waals surface area contributed by atoms with Crippen LogP contribution in [0.15, 0.2) is 35.7 Å². The molecule has 1 atom stereocenters. The fraction of sp³-hybridized carbons (Fsp3) is 0.211. The lowest BCUT2D eigenvalue weighted by molar-refractivity contribution is 0.324. The molecule has 3 rings (SSSR count). The van der Waals surface area contributed by atoms with Crippen LogP contribution in [0.3, 0.4) is 0 Å². The van der Waals surface area contributed by atoms with Crippen LogP contribution in [0.1, 0.15) is 0 Å². The lowest BCUT2D eigenvalue weighted by atomic mass is 10.0. The number of methoxy groups -OCH3 is 4. The van der Waals surface area contributed by atoms with E-state index in [1.807, 2.05) is 17.5 Å². The molecule has 154 valence electrons. The van der Waals surface area contributed by atoms with E-state index in [-0.39, 0.29) is 5.75 Å². The zero-order chi connectivity index (χ0) is 21.0. The van der Waals surface area contributed by atoms with Gasteiger partial charge in [0, 0.05) is 16.5 Å². The lowest BCUT2D eigenvalue weighted by Gasteiger charge is -2.14. The number of ether oxygens (including phenoxy) is 4. The fourth-order valence-electron chi connectivity index (χ4n) is 2.88. The maximum Gasteiger partial charge on any atom is 0.365 e. The van der Waals surface area contributed by atoms with Crippen molar-refractivity contribution < 1.29 is 32.9 Å². The molecule has 0 saturated heterocycles. The molecular weight excluding hydrogens is 417 g/mol. The van der Waals surface area contributed by atoms with E-state index in [1.165, 1.54) is 18.6 Å². The van der Waals surface area contributed by atoms with Crippen molar-refractivity contribution >= 4 is 19.8 Å². The molecule has 1 heterocycles. The minimum atomic E-state index is -3.19. The Morgan fingerprint density at radius 2 is 1.48 bits per heavy atom. The highest BCUT2D eigenvalue weighted by Gasteiger charge is 2.19. The molecule has 1 unspecified atom stereocenters. The van der Waals surface area contributed by atoms with Gasteiger partial charge in [0.25, 0.3) is 0 Å². The molecule has 0 fully saturated rings. The minimum absolute atomic E-state index is 0.167. The van der Waals surface area contributed by atoms with Crippen LogP contribution in [-0.2, 0) is 4.57 Å². The molecule has 3 aromatic rings. The topological polar surface area (TPSA) is 96.3 Å². The zero-order valence-corrected chi connectivity index (χ0v) is 18.0. The maximum atomic E-state index is 11.2. The molecule has 0 bridgehead atoms. The van der Waals surface area contributed by atoms with Crippen molar-refractivity contribution in [2.45, 2.75) is 0 Å². The van der Waals surface area contributed by atoms with Crippen molar-refractivity contribution in [3.8, 4) is 51.1 Å². The fourth-order valence-corrected chi connectivity index (χ4v) is 3.95. The van der Waals surface area contributed by atoms with Gasteiger partial charge in [-0.3, -0.25) is 0 Å². The van der Waals surface area contributed by atoms with Crippen molar-refractivity contribution in [1.82, 2.24) is 4.37 Å². The smallest absolute Gasteiger partial charge is 0.365 e. The predicted octanol–water partition coefficient (Wildman–Crippen LogP) is 4.27. The second-order valence-electron chi connectivity index (χ2n) is 5.72. The first-order valence-electron chi connectivity index (χ1n) is 8.36. The molecule has 1 N–H and O–H groups in total. The van der Waals surface area contributed by atoms with Crippen LogP contribution in [-0.4, -0.2) is 37.7 Å². The summed E-state index contributed by atoms with van der Waals surface area (Å²) in [6.07, 6.45) is 0. The average Bonchev–Trinajstić information content (AvgIpc) is 3.22. The van der Waals surface area contributed by atoms with E-state index >= 15 is 0 Å². The number of benzene rings is 2. The Balaban J connectivity index is 2.12.